The average molecular weight is 349 g/mol. The zero-order chi connectivity index (χ0) is 17.1. The number of halogens is 1. The van der Waals surface area contributed by atoms with Crippen LogP contribution in [0, 0.1) is 6.92 Å². The number of carbonyl (C=O) groups is 1. The van der Waals surface area contributed by atoms with Gasteiger partial charge in [0.05, 0.1) is 17.9 Å². The molecule has 0 aromatic carbocycles. The van der Waals surface area contributed by atoms with Gasteiger partial charge in [-0.15, -0.1) is 0 Å². The third-order valence-electron chi connectivity index (χ3n) is 4.19. The minimum absolute atomic E-state index is 0.0515. The van der Waals surface area contributed by atoms with Gasteiger partial charge in [-0.25, -0.2) is 4.98 Å². The fourth-order valence-electron chi connectivity index (χ4n) is 3.02. The quantitative estimate of drug-likeness (QED) is 0.921. The molecule has 0 spiro atoms. The number of aryl methyl sites for hydroxylation is 1. The zero-order valence-electron chi connectivity index (χ0n) is 13.9. The number of hydrogen-bond acceptors (Lipinski definition) is 4. The molecule has 7 heteroatoms. The number of pyridine rings is 1. The summed E-state index contributed by atoms with van der Waals surface area (Å²) in [6, 6.07) is 3.68. The predicted molar refractivity (Wildman–Crippen MR) is 91.6 cm³/mol. The standard InChI is InChI=1S/C17H21ClN4O2/c1-3-24-16-14(18)8-13(9-19-16)17(23)22-6-4-5-12(10-22)15-7-11(2)20-21-15/h7-9,12H,3-6,10H2,1-2H3,(H,20,21). The molecule has 1 N–H and O–H groups in total. The summed E-state index contributed by atoms with van der Waals surface area (Å²) in [6.07, 6.45) is 3.53. The Morgan fingerprint density at radius 1 is 1.50 bits per heavy atom. The van der Waals surface area contributed by atoms with Gasteiger partial charge in [0, 0.05) is 30.9 Å². The van der Waals surface area contributed by atoms with Crippen LogP contribution in [-0.4, -0.2) is 45.7 Å². The lowest BCUT2D eigenvalue weighted by atomic mass is 9.94. The fraction of sp³-hybridized carbons (Fsp3) is 0.471. The van der Waals surface area contributed by atoms with Crippen molar-refractivity contribution in [3.63, 3.8) is 0 Å². The Morgan fingerprint density at radius 3 is 3.00 bits per heavy atom. The normalized spacial score (nSPS) is 17.8. The Morgan fingerprint density at radius 2 is 2.33 bits per heavy atom. The zero-order valence-corrected chi connectivity index (χ0v) is 14.6. The van der Waals surface area contributed by atoms with Crippen molar-refractivity contribution < 1.29 is 9.53 Å². The predicted octanol–water partition coefficient (Wildman–Crippen LogP) is 3.19. The summed E-state index contributed by atoms with van der Waals surface area (Å²) in [5.74, 6) is 0.572. The van der Waals surface area contributed by atoms with Gasteiger partial charge >= 0.3 is 0 Å². The largest absolute Gasteiger partial charge is 0.477 e. The molecule has 3 heterocycles. The van der Waals surface area contributed by atoms with Gasteiger partial charge in [0.15, 0.2) is 0 Å². The highest BCUT2D eigenvalue weighted by molar-refractivity contribution is 6.32. The first-order valence-electron chi connectivity index (χ1n) is 8.18. The SMILES string of the molecule is CCOc1ncc(C(=O)N2CCCC(c3cc(C)[nH]n3)C2)cc1Cl. The van der Waals surface area contributed by atoms with E-state index in [1.54, 1.807) is 6.07 Å². The van der Waals surface area contributed by atoms with E-state index in [1.807, 2.05) is 24.8 Å². The average Bonchev–Trinajstić information content (AvgIpc) is 3.03. The number of ether oxygens (including phenoxy) is 1. The number of hydrogen-bond donors (Lipinski definition) is 1. The van der Waals surface area contributed by atoms with E-state index < -0.39 is 0 Å². The molecule has 0 saturated carbocycles. The van der Waals surface area contributed by atoms with Crippen LogP contribution in [0.25, 0.3) is 0 Å². The molecule has 2 aromatic rings. The van der Waals surface area contributed by atoms with E-state index in [2.05, 4.69) is 15.2 Å². The Labute approximate surface area is 146 Å². The molecule has 0 bridgehead atoms. The van der Waals surface area contributed by atoms with Crippen molar-refractivity contribution in [1.29, 1.82) is 0 Å². The molecule has 1 saturated heterocycles. The highest BCUT2D eigenvalue weighted by atomic mass is 35.5. The van der Waals surface area contributed by atoms with Crippen molar-refractivity contribution in [3.8, 4) is 5.88 Å². The van der Waals surface area contributed by atoms with Gasteiger partial charge in [-0.3, -0.25) is 9.89 Å². The Hall–Kier alpha value is -2.08. The van der Waals surface area contributed by atoms with Gasteiger partial charge in [-0.05, 0) is 38.8 Å². The second-order valence-electron chi connectivity index (χ2n) is 6.01. The van der Waals surface area contributed by atoms with Crippen LogP contribution < -0.4 is 4.74 Å². The number of likely N-dealkylation sites (tertiary alicyclic amines) is 1. The first-order valence-corrected chi connectivity index (χ1v) is 8.55. The maximum absolute atomic E-state index is 12.8. The highest BCUT2D eigenvalue weighted by Crippen LogP contribution is 2.28. The van der Waals surface area contributed by atoms with Crippen molar-refractivity contribution in [2.75, 3.05) is 19.7 Å². The van der Waals surface area contributed by atoms with Gasteiger partial charge in [0.1, 0.15) is 5.02 Å². The number of piperidine rings is 1. The minimum atomic E-state index is -0.0515. The summed E-state index contributed by atoms with van der Waals surface area (Å²) in [5, 5.41) is 7.67. The molecule has 0 aliphatic carbocycles. The maximum atomic E-state index is 12.8. The maximum Gasteiger partial charge on any atom is 0.255 e. The van der Waals surface area contributed by atoms with Crippen molar-refractivity contribution in [1.82, 2.24) is 20.1 Å². The number of nitrogens with zero attached hydrogens (tertiary/aromatic N) is 3. The lowest BCUT2D eigenvalue weighted by Crippen LogP contribution is -2.39. The fourth-order valence-corrected chi connectivity index (χ4v) is 3.24. The summed E-state index contributed by atoms with van der Waals surface area (Å²) in [5.41, 5.74) is 2.55. The second kappa shape index (κ2) is 7.21. The number of aromatic nitrogens is 3. The molecule has 6 nitrogen and oxygen atoms in total. The van der Waals surface area contributed by atoms with Crippen LogP contribution in [0.1, 0.15) is 47.4 Å². The molecule has 1 unspecified atom stereocenters. The van der Waals surface area contributed by atoms with Crippen molar-refractivity contribution >= 4 is 17.5 Å². The lowest BCUT2D eigenvalue weighted by molar-refractivity contribution is 0.0705. The summed E-state index contributed by atoms with van der Waals surface area (Å²) in [6.45, 7) is 5.73. The van der Waals surface area contributed by atoms with Gasteiger partial charge in [0.25, 0.3) is 5.91 Å². The Kier molecular flexibility index (Phi) is 5.04. The molecule has 1 amide bonds. The van der Waals surface area contributed by atoms with Crippen LogP contribution in [0.4, 0.5) is 0 Å². The highest BCUT2D eigenvalue weighted by Gasteiger charge is 2.27. The third-order valence-corrected chi connectivity index (χ3v) is 4.46. The molecular formula is C17H21ClN4O2. The summed E-state index contributed by atoms with van der Waals surface area (Å²) < 4.78 is 5.31. The number of aromatic amines is 1. The molecule has 128 valence electrons. The van der Waals surface area contributed by atoms with E-state index >= 15 is 0 Å². The van der Waals surface area contributed by atoms with Gasteiger partial charge in [-0.1, -0.05) is 11.6 Å². The van der Waals surface area contributed by atoms with E-state index in [9.17, 15) is 4.79 Å². The van der Waals surface area contributed by atoms with Crippen LogP contribution in [0.2, 0.25) is 5.02 Å². The van der Waals surface area contributed by atoms with Crippen LogP contribution in [0.15, 0.2) is 18.3 Å². The van der Waals surface area contributed by atoms with E-state index in [-0.39, 0.29) is 11.8 Å². The molecular weight excluding hydrogens is 328 g/mol. The number of carbonyl (C=O) groups excluding carboxylic acids is 1. The van der Waals surface area contributed by atoms with Crippen LogP contribution >= 0.6 is 11.6 Å². The molecule has 1 aliphatic heterocycles. The minimum Gasteiger partial charge on any atom is -0.477 e. The molecule has 1 fully saturated rings. The smallest absolute Gasteiger partial charge is 0.255 e. The first kappa shape index (κ1) is 16.8. The monoisotopic (exact) mass is 348 g/mol. The molecule has 3 rings (SSSR count). The van der Waals surface area contributed by atoms with Crippen LogP contribution in [0.5, 0.6) is 5.88 Å². The summed E-state index contributed by atoms with van der Waals surface area (Å²) in [4.78, 5) is 18.8. The molecule has 24 heavy (non-hydrogen) atoms. The third kappa shape index (κ3) is 3.53. The number of rotatable bonds is 4. The Balaban J connectivity index is 1.73. The van der Waals surface area contributed by atoms with Crippen molar-refractivity contribution in [2.45, 2.75) is 32.6 Å². The van der Waals surface area contributed by atoms with E-state index in [1.165, 1.54) is 6.20 Å². The van der Waals surface area contributed by atoms with E-state index in [0.717, 1.165) is 30.8 Å². The lowest BCUT2D eigenvalue weighted by Gasteiger charge is -2.32. The second-order valence-corrected chi connectivity index (χ2v) is 6.42. The first-order chi connectivity index (χ1) is 11.6. The summed E-state index contributed by atoms with van der Waals surface area (Å²) in [7, 11) is 0. The van der Waals surface area contributed by atoms with Crippen LogP contribution in [0.3, 0.4) is 0 Å². The van der Waals surface area contributed by atoms with Crippen molar-refractivity contribution in [2.24, 2.45) is 0 Å². The van der Waals surface area contributed by atoms with Crippen molar-refractivity contribution in [3.05, 3.63) is 40.3 Å². The number of nitrogens with one attached hydrogen (secondary N) is 1. The number of amides is 1. The molecule has 0 radical (unpaired) electrons. The van der Waals surface area contributed by atoms with Crippen LogP contribution in [-0.2, 0) is 0 Å². The topological polar surface area (TPSA) is 71.1 Å². The van der Waals surface area contributed by atoms with E-state index in [0.29, 0.717) is 29.6 Å². The summed E-state index contributed by atoms with van der Waals surface area (Å²) >= 11 is 6.15. The van der Waals surface area contributed by atoms with E-state index in [4.69, 9.17) is 16.3 Å². The molecule has 2 aromatic heterocycles. The van der Waals surface area contributed by atoms with Gasteiger partial charge in [-0.2, -0.15) is 5.10 Å². The van der Waals surface area contributed by atoms with Gasteiger partial charge in [0.2, 0.25) is 5.88 Å². The molecule has 1 aliphatic rings. The number of H-pyrrole nitrogens is 1. The van der Waals surface area contributed by atoms with Gasteiger partial charge < -0.3 is 9.64 Å². The molecule has 1 atom stereocenters. The Bertz CT molecular complexity index is 731.